The topological polar surface area (TPSA) is 9.23 Å². The summed E-state index contributed by atoms with van der Waals surface area (Å²) in [6.45, 7) is 0.703. The van der Waals surface area contributed by atoms with Gasteiger partial charge in [-0.25, -0.2) is 8.78 Å². The van der Waals surface area contributed by atoms with Gasteiger partial charge in [0.1, 0.15) is 11.6 Å². The van der Waals surface area contributed by atoms with Gasteiger partial charge in [0.05, 0.1) is 0 Å². The van der Waals surface area contributed by atoms with E-state index in [-0.39, 0.29) is 11.3 Å². The van der Waals surface area contributed by atoms with Gasteiger partial charge in [-0.05, 0) is 55.9 Å². The van der Waals surface area contributed by atoms with E-state index < -0.39 is 30.4 Å². The van der Waals surface area contributed by atoms with Crippen LogP contribution in [0, 0.1) is 11.8 Å². The largest absolute Gasteiger partial charge is 0.484 e. The summed E-state index contributed by atoms with van der Waals surface area (Å²) in [4.78, 5) is 0. The standard InChI is InChI=1S/C19H23F5O/c1-2-3-13-4-6-14(7-5-13)17(20)18(21)15-8-10-16(11-9-15)25-12-19(22,23)24/h8-11,13-14H,2-7,12H2,1H3/b18-17+. The molecule has 1 fully saturated rings. The third-order valence-electron chi connectivity index (χ3n) is 4.62. The molecule has 1 aromatic carbocycles. The van der Waals surface area contributed by atoms with Crippen molar-refractivity contribution in [2.75, 3.05) is 6.61 Å². The van der Waals surface area contributed by atoms with Crippen LogP contribution in [-0.4, -0.2) is 12.8 Å². The highest BCUT2D eigenvalue weighted by Crippen LogP contribution is 2.39. The molecule has 2 rings (SSSR count). The quantitative estimate of drug-likeness (QED) is 0.503. The molecule has 0 aromatic heterocycles. The predicted molar refractivity (Wildman–Crippen MR) is 87.5 cm³/mol. The Morgan fingerprint density at radius 2 is 1.64 bits per heavy atom. The van der Waals surface area contributed by atoms with Crippen LogP contribution in [-0.2, 0) is 0 Å². The van der Waals surface area contributed by atoms with Gasteiger partial charge in [-0.1, -0.05) is 19.8 Å². The number of allylic oxidation sites excluding steroid dienone is 1. The molecule has 1 aliphatic carbocycles. The maximum Gasteiger partial charge on any atom is 0.422 e. The van der Waals surface area contributed by atoms with Gasteiger partial charge >= 0.3 is 6.18 Å². The second-order valence-corrected chi connectivity index (χ2v) is 6.60. The minimum atomic E-state index is -4.44. The van der Waals surface area contributed by atoms with Crippen molar-refractivity contribution in [3.8, 4) is 5.75 Å². The fourth-order valence-corrected chi connectivity index (χ4v) is 3.29. The van der Waals surface area contributed by atoms with Crippen LogP contribution in [0.15, 0.2) is 30.1 Å². The summed E-state index contributed by atoms with van der Waals surface area (Å²) in [5.41, 5.74) is 0.0209. The molecule has 1 aliphatic rings. The Kier molecular flexibility index (Phi) is 6.85. The van der Waals surface area contributed by atoms with Crippen molar-refractivity contribution in [1.29, 1.82) is 0 Å². The second kappa shape index (κ2) is 8.68. The fraction of sp³-hybridized carbons (Fsp3) is 0.579. The smallest absolute Gasteiger partial charge is 0.422 e. The summed E-state index contributed by atoms with van der Waals surface area (Å²) in [6, 6.07) is 4.91. The molecule has 0 unspecified atom stereocenters. The number of hydrogen-bond donors (Lipinski definition) is 0. The Bertz CT molecular complexity index is 568. The molecule has 6 heteroatoms. The van der Waals surface area contributed by atoms with Gasteiger partial charge in [0.2, 0.25) is 0 Å². The van der Waals surface area contributed by atoms with Gasteiger partial charge in [0.15, 0.2) is 12.4 Å². The molecule has 0 aliphatic heterocycles. The van der Waals surface area contributed by atoms with E-state index in [1.54, 1.807) is 0 Å². The minimum Gasteiger partial charge on any atom is -0.484 e. The van der Waals surface area contributed by atoms with Crippen molar-refractivity contribution in [3.63, 3.8) is 0 Å². The number of benzene rings is 1. The highest BCUT2D eigenvalue weighted by molar-refractivity contribution is 5.62. The van der Waals surface area contributed by atoms with Crippen LogP contribution < -0.4 is 4.74 Å². The van der Waals surface area contributed by atoms with Gasteiger partial charge < -0.3 is 4.74 Å². The van der Waals surface area contributed by atoms with Crippen LogP contribution in [0.25, 0.3) is 5.83 Å². The first-order chi connectivity index (χ1) is 11.8. The molecule has 0 saturated heterocycles. The van der Waals surface area contributed by atoms with Gasteiger partial charge in [-0.15, -0.1) is 0 Å². The highest BCUT2D eigenvalue weighted by Gasteiger charge is 2.29. The molecule has 0 N–H and O–H groups in total. The number of rotatable bonds is 6. The van der Waals surface area contributed by atoms with E-state index in [0.717, 1.165) is 25.7 Å². The SMILES string of the molecule is CCCC1CCC(/C(F)=C(\F)c2ccc(OCC(F)(F)F)cc2)CC1. The third-order valence-corrected chi connectivity index (χ3v) is 4.62. The summed E-state index contributed by atoms with van der Waals surface area (Å²) in [5, 5.41) is 0. The van der Waals surface area contributed by atoms with Crippen LogP contribution in [0.4, 0.5) is 22.0 Å². The first kappa shape index (κ1) is 19.7. The van der Waals surface area contributed by atoms with E-state index in [2.05, 4.69) is 11.7 Å². The van der Waals surface area contributed by atoms with Gasteiger partial charge in [-0.2, -0.15) is 13.2 Å². The minimum absolute atomic E-state index is 0.0209. The van der Waals surface area contributed by atoms with Crippen molar-refractivity contribution in [2.24, 2.45) is 11.8 Å². The van der Waals surface area contributed by atoms with E-state index >= 15 is 0 Å². The molecule has 25 heavy (non-hydrogen) atoms. The van der Waals surface area contributed by atoms with Crippen LogP contribution in [0.5, 0.6) is 5.75 Å². The van der Waals surface area contributed by atoms with Crippen LogP contribution in [0.2, 0.25) is 0 Å². The Morgan fingerprint density at radius 1 is 1.04 bits per heavy atom. The zero-order valence-electron chi connectivity index (χ0n) is 14.2. The Balaban J connectivity index is 1.98. The molecule has 0 spiro atoms. The third kappa shape index (κ3) is 6.01. The second-order valence-electron chi connectivity index (χ2n) is 6.60. The number of hydrogen-bond acceptors (Lipinski definition) is 1. The zero-order chi connectivity index (χ0) is 18.4. The van der Waals surface area contributed by atoms with Gasteiger partial charge in [0, 0.05) is 11.5 Å². The van der Waals surface area contributed by atoms with Crippen LogP contribution in [0.1, 0.15) is 51.0 Å². The summed E-state index contributed by atoms with van der Waals surface area (Å²) in [6.07, 6.45) is 0.873. The summed E-state index contributed by atoms with van der Waals surface area (Å²) in [5.74, 6) is -1.52. The first-order valence-electron chi connectivity index (χ1n) is 8.65. The van der Waals surface area contributed by atoms with Gasteiger partial charge in [-0.3, -0.25) is 0 Å². The van der Waals surface area contributed by atoms with E-state index in [9.17, 15) is 22.0 Å². The number of ether oxygens (including phenoxy) is 1. The lowest BCUT2D eigenvalue weighted by molar-refractivity contribution is -0.153. The Morgan fingerprint density at radius 3 is 2.16 bits per heavy atom. The van der Waals surface area contributed by atoms with Crippen LogP contribution in [0.3, 0.4) is 0 Å². The Hall–Kier alpha value is -1.59. The van der Waals surface area contributed by atoms with E-state index in [1.807, 2.05) is 0 Å². The Labute approximate surface area is 144 Å². The summed E-state index contributed by atoms with van der Waals surface area (Å²) < 4.78 is 69.6. The van der Waals surface area contributed by atoms with E-state index in [1.165, 1.54) is 24.3 Å². The molecule has 0 radical (unpaired) electrons. The van der Waals surface area contributed by atoms with Gasteiger partial charge in [0.25, 0.3) is 0 Å². The molecule has 1 aromatic rings. The average Bonchev–Trinajstić information content (AvgIpc) is 2.59. The zero-order valence-corrected chi connectivity index (χ0v) is 14.2. The maximum atomic E-state index is 14.4. The highest BCUT2D eigenvalue weighted by atomic mass is 19.4. The van der Waals surface area contributed by atoms with Crippen molar-refractivity contribution in [3.05, 3.63) is 35.7 Å². The molecule has 0 heterocycles. The van der Waals surface area contributed by atoms with E-state index in [4.69, 9.17) is 0 Å². The molecule has 0 atom stereocenters. The molecular formula is C19H23F5O. The lowest BCUT2D eigenvalue weighted by atomic mass is 9.79. The molecular weight excluding hydrogens is 339 g/mol. The van der Waals surface area contributed by atoms with Crippen molar-refractivity contribution < 1.29 is 26.7 Å². The van der Waals surface area contributed by atoms with E-state index in [0.29, 0.717) is 18.8 Å². The lowest BCUT2D eigenvalue weighted by Gasteiger charge is -2.27. The summed E-state index contributed by atoms with van der Waals surface area (Å²) >= 11 is 0. The normalized spacial score (nSPS) is 22.5. The number of alkyl halides is 3. The number of halogens is 5. The predicted octanol–water partition coefficient (Wildman–Crippen LogP) is 6.84. The molecule has 0 bridgehead atoms. The van der Waals surface area contributed by atoms with Crippen molar-refractivity contribution in [2.45, 2.75) is 51.6 Å². The monoisotopic (exact) mass is 362 g/mol. The van der Waals surface area contributed by atoms with Crippen molar-refractivity contribution in [1.82, 2.24) is 0 Å². The van der Waals surface area contributed by atoms with Crippen molar-refractivity contribution >= 4 is 5.83 Å². The molecule has 140 valence electrons. The first-order valence-corrected chi connectivity index (χ1v) is 8.65. The maximum absolute atomic E-state index is 14.4. The molecule has 0 amide bonds. The molecule has 1 nitrogen and oxygen atoms in total. The average molecular weight is 362 g/mol. The molecule has 1 saturated carbocycles. The fourth-order valence-electron chi connectivity index (χ4n) is 3.29. The van der Waals surface area contributed by atoms with Crippen LogP contribution >= 0.6 is 0 Å². The lowest BCUT2D eigenvalue weighted by Crippen LogP contribution is -2.19. The summed E-state index contributed by atoms with van der Waals surface area (Å²) in [7, 11) is 0.